The van der Waals surface area contributed by atoms with Crippen molar-refractivity contribution in [3.63, 3.8) is 0 Å². The van der Waals surface area contributed by atoms with Gasteiger partial charge in [0.15, 0.2) is 5.82 Å². The maximum atomic E-state index is 12.4. The lowest BCUT2D eigenvalue weighted by molar-refractivity contribution is -0.115. The number of benzene rings is 2. The predicted octanol–water partition coefficient (Wildman–Crippen LogP) is 4.74. The molecule has 1 heterocycles. The van der Waals surface area contributed by atoms with Crippen LogP contribution in [0, 0.1) is 5.92 Å². The van der Waals surface area contributed by atoms with Crippen molar-refractivity contribution in [2.75, 3.05) is 17.2 Å². The van der Waals surface area contributed by atoms with Crippen LogP contribution in [-0.4, -0.2) is 22.6 Å². The van der Waals surface area contributed by atoms with Gasteiger partial charge in [0, 0.05) is 17.6 Å². The van der Waals surface area contributed by atoms with Gasteiger partial charge in [-0.1, -0.05) is 49.6 Å². The normalized spacial score (nSPS) is 15.0. The van der Waals surface area contributed by atoms with Gasteiger partial charge >= 0.3 is 0 Å². The smallest absolute Gasteiger partial charge is 0.230 e. The SMILES string of the molecule is O=C(Cc1ccccc1)Nc1n[nH]c2ccc(NCC3CCCCC3)cc12. The second kappa shape index (κ2) is 8.25. The number of nitrogens with zero attached hydrogens (tertiary/aromatic N) is 1. The molecule has 1 aromatic heterocycles. The van der Waals surface area contributed by atoms with Crippen molar-refractivity contribution in [2.45, 2.75) is 38.5 Å². The molecule has 0 atom stereocenters. The van der Waals surface area contributed by atoms with Gasteiger partial charge in [-0.25, -0.2) is 0 Å². The zero-order valence-corrected chi connectivity index (χ0v) is 15.5. The molecular weight excluding hydrogens is 336 g/mol. The fourth-order valence-electron chi connectivity index (χ4n) is 3.83. The summed E-state index contributed by atoms with van der Waals surface area (Å²) in [5.41, 5.74) is 2.99. The highest BCUT2D eigenvalue weighted by molar-refractivity contribution is 6.01. The number of nitrogens with one attached hydrogen (secondary N) is 3. The van der Waals surface area contributed by atoms with Gasteiger partial charge in [-0.2, -0.15) is 5.10 Å². The first-order valence-corrected chi connectivity index (χ1v) is 9.84. The van der Waals surface area contributed by atoms with Gasteiger partial charge in [0.25, 0.3) is 0 Å². The van der Waals surface area contributed by atoms with E-state index >= 15 is 0 Å². The van der Waals surface area contributed by atoms with Crippen molar-refractivity contribution in [3.8, 4) is 0 Å². The number of amides is 1. The molecule has 5 nitrogen and oxygen atoms in total. The first kappa shape index (κ1) is 17.6. The van der Waals surface area contributed by atoms with E-state index in [1.807, 2.05) is 36.4 Å². The Bertz CT molecular complexity index is 897. The molecule has 140 valence electrons. The molecule has 0 radical (unpaired) electrons. The summed E-state index contributed by atoms with van der Waals surface area (Å²) in [7, 11) is 0. The van der Waals surface area contributed by atoms with Crippen LogP contribution in [-0.2, 0) is 11.2 Å². The predicted molar refractivity (Wildman–Crippen MR) is 110 cm³/mol. The number of carbonyl (C=O) groups is 1. The molecule has 1 fully saturated rings. The van der Waals surface area contributed by atoms with E-state index in [0.717, 1.165) is 34.6 Å². The van der Waals surface area contributed by atoms with Crippen molar-refractivity contribution < 1.29 is 4.79 Å². The van der Waals surface area contributed by atoms with Crippen LogP contribution in [0.3, 0.4) is 0 Å². The van der Waals surface area contributed by atoms with Crippen molar-refractivity contribution >= 4 is 28.3 Å². The van der Waals surface area contributed by atoms with E-state index in [4.69, 9.17) is 0 Å². The summed E-state index contributed by atoms with van der Waals surface area (Å²) in [5.74, 6) is 1.30. The summed E-state index contributed by atoms with van der Waals surface area (Å²) in [4.78, 5) is 12.4. The van der Waals surface area contributed by atoms with E-state index in [0.29, 0.717) is 12.2 Å². The van der Waals surface area contributed by atoms with Crippen LogP contribution < -0.4 is 10.6 Å². The topological polar surface area (TPSA) is 69.8 Å². The summed E-state index contributed by atoms with van der Waals surface area (Å²) in [6.07, 6.45) is 7.07. The van der Waals surface area contributed by atoms with Gasteiger partial charge in [-0.05, 0) is 42.5 Å². The average Bonchev–Trinajstić information content (AvgIpc) is 3.10. The van der Waals surface area contributed by atoms with Gasteiger partial charge in [-0.3, -0.25) is 9.89 Å². The highest BCUT2D eigenvalue weighted by Crippen LogP contribution is 2.27. The van der Waals surface area contributed by atoms with E-state index in [1.165, 1.54) is 32.1 Å². The highest BCUT2D eigenvalue weighted by atomic mass is 16.1. The molecule has 1 aliphatic carbocycles. The molecule has 1 saturated carbocycles. The van der Waals surface area contributed by atoms with Crippen LogP contribution in [0.4, 0.5) is 11.5 Å². The average molecular weight is 362 g/mol. The Labute approximate surface area is 159 Å². The molecule has 27 heavy (non-hydrogen) atoms. The van der Waals surface area contributed by atoms with E-state index in [9.17, 15) is 4.79 Å². The van der Waals surface area contributed by atoms with Gasteiger partial charge in [-0.15, -0.1) is 0 Å². The van der Waals surface area contributed by atoms with E-state index in [1.54, 1.807) is 0 Å². The third-order valence-corrected chi connectivity index (χ3v) is 5.35. The number of anilines is 2. The summed E-state index contributed by atoms with van der Waals surface area (Å²) >= 11 is 0. The maximum Gasteiger partial charge on any atom is 0.230 e. The Kier molecular flexibility index (Phi) is 5.37. The third-order valence-electron chi connectivity index (χ3n) is 5.35. The highest BCUT2D eigenvalue weighted by Gasteiger charge is 2.14. The molecule has 5 heteroatoms. The van der Waals surface area contributed by atoms with Crippen LogP contribution in [0.1, 0.15) is 37.7 Å². The van der Waals surface area contributed by atoms with E-state index < -0.39 is 0 Å². The zero-order chi connectivity index (χ0) is 18.5. The minimum absolute atomic E-state index is 0.0600. The number of H-pyrrole nitrogens is 1. The van der Waals surface area contributed by atoms with Gasteiger partial charge in [0.2, 0.25) is 5.91 Å². The summed E-state index contributed by atoms with van der Waals surface area (Å²) < 4.78 is 0. The Hall–Kier alpha value is -2.82. The van der Waals surface area contributed by atoms with Gasteiger partial charge < -0.3 is 10.6 Å². The molecular formula is C22H26N4O. The van der Waals surface area contributed by atoms with Crippen molar-refractivity contribution in [2.24, 2.45) is 5.92 Å². The van der Waals surface area contributed by atoms with Crippen LogP contribution in [0.25, 0.3) is 10.9 Å². The van der Waals surface area contributed by atoms with Crippen molar-refractivity contribution in [1.82, 2.24) is 10.2 Å². The molecule has 3 aromatic rings. The molecule has 0 aliphatic heterocycles. The molecule has 1 amide bonds. The number of carbonyl (C=O) groups excluding carboxylic acids is 1. The monoisotopic (exact) mass is 362 g/mol. The largest absolute Gasteiger partial charge is 0.385 e. The van der Waals surface area contributed by atoms with Gasteiger partial charge in [0.1, 0.15) is 0 Å². The second-order valence-electron chi connectivity index (χ2n) is 7.43. The van der Waals surface area contributed by atoms with Crippen LogP contribution >= 0.6 is 0 Å². The first-order valence-electron chi connectivity index (χ1n) is 9.84. The Morgan fingerprint density at radius 2 is 1.89 bits per heavy atom. The van der Waals surface area contributed by atoms with Crippen molar-refractivity contribution in [3.05, 3.63) is 54.1 Å². The Morgan fingerprint density at radius 3 is 2.70 bits per heavy atom. The Morgan fingerprint density at radius 1 is 1.07 bits per heavy atom. The summed E-state index contributed by atoms with van der Waals surface area (Å²) in [6, 6.07) is 15.9. The molecule has 3 N–H and O–H groups in total. The fraction of sp³-hybridized carbons (Fsp3) is 0.364. The lowest BCUT2D eigenvalue weighted by Gasteiger charge is -2.22. The maximum absolute atomic E-state index is 12.4. The molecule has 1 aliphatic rings. The van der Waals surface area contributed by atoms with E-state index in [2.05, 4.69) is 33.0 Å². The molecule has 0 saturated heterocycles. The third kappa shape index (κ3) is 4.48. The minimum Gasteiger partial charge on any atom is -0.385 e. The molecule has 0 bridgehead atoms. The van der Waals surface area contributed by atoms with Gasteiger partial charge in [0.05, 0.1) is 11.9 Å². The fourth-order valence-corrected chi connectivity index (χ4v) is 3.83. The minimum atomic E-state index is -0.0600. The van der Waals surface area contributed by atoms with Crippen molar-refractivity contribution in [1.29, 1.82) is 0 Å². The second-order valence-corrected chi connectivity index (χ2v) is 7.43. The molecule has 4 rings (SSSR count). The number of aromatic nitrogens is 2. The lowest BCUT2D eigenvalue weighted by atomic mass is 9.89. The first-order chi connectivity index (χ1) is 13.3. The zero-order valence-electron chi connectivity index (χ0n) is 15.5. The van der Waals surface area contributed by atoms with Crippen LogP contribution in [0.5, 0.6) is 0 Å². The number of hydrogen-bond acceptors (Lipinski definition) is 3. The lowest BCUT2D eigenvalue weighted by Crippen LogP contribution is -2.17. The standard InChI is InChI=1S/C22H26N4O/c27-21(13-16-7-3-1-4-8-16)24-22-19-14-18(11-12-20(19)25-26-22)23-15-17-9-5-2-6-10-17/h1,3-4,7-8,11-12,14,17,23H,2,5-6,9-10,13,15H2,(H2,24,25,26,27). The quantitative estimate of drug-likeness (QED) is 0.593. The summed E-state index contributed by atoms with van der Waals surface area (Å²) in [6.45, 7) is 1.01. The number of rotatable bonds is 6. The van der Waals surface area contributed by atoms with Crippen LogP contribution in [0.2, 0.25) is 0 Å². The number of fused-ring (bicyclic) bond motifs is 1. The molecule has 2 aromatic carbocycles. The number of aromatic amines is 1. The van der Waals surface area contributed by atoms with E-state index in [-0.39, 0.29) is 5.91 Å². The molecule has 0 spiro atoms. The summed E-state index contributed by atoms with van der Waals surface area (Å²) in [5, 5.41) is 14.7. The Balaban J connectivity index is 1.42. The number of hydrogen-bond donors (Lipinski definition) is 3. The van der Waals surface area contributed by atoms with Crippen LogP contribution in [0.15, 0.2) is 48.5 Å². The molecule has 0 unspecified atom stereocenters.